The van der Waals surface area contributed by atoms with Crippen molar-refractivity contribution in [3.05, 3.63) is 45.8 Å². The van der Waals surface area contributed by atoms with Crippen LogP contribution >= 0.6 is 11.8 Å². The van der Waals surface area contributed by atoms with Crippen LogP contribution in [0.1, 0.15) is 37.7 Å². The van der Waals surface area contributed by atoms with Gasteiger partial charge in [-0.15, -0.1) is 0 Å². The highest BCUT2D eigenvalue weighted by atomic mass is 32.2. The molecule has 1 fully saturated rings. The van der Waals surface area contributed by atoms with Crippen LogP contribution in [0, 0.1) is 35.0 Å². The van der Waals surface area contributed by atoms with Gasteiger partial charge in [-0.3, -0.25) is 4.79 Å². The van der Waals surface area contributed by atoms with Gasteiger partial charge in [0.25, 0.3) is 0 Å². The molecule has 0 radical (unpaired) electrons. The smallest absolute Gasteiger partial charge is 0.234 e. The van der Waals surface area contributed by atoms with E-state index in [2.05, 4.69) is 22.8 Å². The normalized spacial score (nSPS) is 17.7. The van der Waals surface area contributed by atoms with Gasteiger partial charge in [-0.05, 0) is 43.5 Å². The molecule has 1 aromatic rings. The molecule has 30 heavy (non-hydrogen) atoms. The number of nitrogens with zero attached hydrogens (tertiary/aromatic N) is 2. The van der Waals surface area contributed by atoms with E-state index in [4.69, 9.17) is 10.5 Å². The van der Waals surface area contributed by atoms with Gasteiger partial charge in [-0.2, -0.15) is 10.5 Å². The van der Waals surface area contributed by atoms with Crippen molar-refractivity contribution in [2.75, 3.05) is 18.2 Å². The highest BCUT2D eigenvalue weighted by molar-refractivity contribution is 8.03. The van der Waals surface area contributed by atoms with Gasteiger partial charge in [-0.25, -0.2) is 0 Å². The molecule has 3 rings (SSSR count). The molecule has 0 aromatic heterocycles. The first kappa shape index (κ1) is 21.6. The van der Waals surface area contributed by atoms with Gasteiger partial charge in [0.2, 0.25) is 5.91 Å². The number of allylic oxidation sites excluding steroid dienone is 2. The van der Waals surface area contributed by atoms with Crippen molar-refractivity contribution in [1.82, 2.24) is 5.32 Å². The van der Waals surface area contributed by atoms with E-state index in [1.807, 2.05) is 13.0 Å². The Labute approximate surface area is 181 Å². The number of benzene rings is 1. The minimum Gasteiger partial charge on any atom is -0.497 e. The molecule has 1 aromatic carbocycles. The van der Waals surface area contributed by atoms with Gasteiger partial charge in [0.1, 0.15) is 11.6 Å². The van der Waals surface area contributed by atoms with E-state index in [-0.39, 0.29) is 17.5 Å². The third-order valence-electron chi connectivity index (χ3n) is 5.69. The highest BCUT2D eigenvalue weighted by Gasteiger charge is 2.45. The molecule has 1 heterocycles. The number of aryl methyl sites for hydroxylation is 1. The quantitative estimate of drug-likeness (QED) is 0.660. The zero-order valence-electron chi connectivity index (χ0n) is 17.2. The molecule has 0 saturated heterocycles. The summed E-state index contributed by atoms with van der Waals surface area (Å²) in [6.07, 6.45) is 4.42. The van der Waals surface area contributed by atoms with Gasteiger partial charge in [0.15, 0.2) is 0 Å². The molecule has 7 nitrogen and oxygen atoms in total. The van der Waals surface area contributed by atoms with E-state index in [0.29, 0.717) is 21.9 Å². The molecule has 1 spiro atoms. The van der Waals surface area contributed by atoms with Crippen molar-refractivity contribution >= 4 is 23.4 Å². The van der Waals surface area contributed by atoms with Crippen LogP contribution in [-0.2, 0) is 4.79 Å². The Bertz CT molecular complexity index is 994. The van der Waals surface area contributed by atoms with E-state index in [0.717, 1.165) is 43.4 Å². The highest BCUT2D eigenvalue weighted by Crippen LogP contribution is 2.51. The molecule has 0 atom stereocenters. The number of hydrogen-bond acceptors (Lipinski definition) is 7. The second-order valence-electron chi connectivity index (χ2n) is 7.50. The number of anilines is 1. The molecule has 8 heteroatoms. The number of carbonyl (C=O) groups is 1. The number of rotatable bonds is 5. The van der Waals surface area contributed by atoms with Gasteiger partial charge in [0.05, 0.1) is 41.2 Å². The Hall–Kier alpha value is -3.10. The first-order valence-corrected chi connectivity index (χ1v) is 10.8. The van der Waals surface area contributed by atoms with Crippen LogP contribution in [0.4, 0.5) is 5.69 Å². The summed E-state index contributed by atoms with van der Waals surface area (Å²) in [4.78, 5) is 12.5. The molecule has 1 aliphatic heterocycles. The summed E-state index contributed by atoms with van der Waals surface area (Å²) in [5, 5.41) is 26.1. The molecule has 156 valence electrons. The van der Waals surface area contributed by atoms with Crippen LogP contribution < -0.4 is 21.1 Å². The second-order valence-corrected chi connectivity index (χ2v) is 8.49. The zero-order valence-corrected chi connectivity index (χ0v) is 18.0. The number of nitriles is 2. The predicted octanol–water partition coefficient (Wildman–Crippen LogP) is 3.66. The predicted molar refractivity (Wildman–Crippen MR) is 117 cm³/mol. The Morgan fingerprint density at radius 3 is 2.57 bits per heavy atom. The van der Waals surface area contributed by atoms with E-state index >= 15 is 0 Å². The lowest BCUT2D eigenvalue weighted by Crippen LogP contribution is -2.39. The summed E-state index contributed by atoms with van der Waals surface area (Å²) in [7, 11) is 1.60. The van der Waals surface area contributed by atoms with E-state index in [1.54, 1.807) is 19.2 Å². The van der Waals surface area contributed by atoms with Crippen LogP contribution in [0.5, 0.6) is 5.75 Å². The minimum absolute atomic E-state index is 0.115. The number of carbonyl (C=O) groups excluding carboxylic acids is 1. The molecular weight excluding hydrogens is 398 g/mol. The molecule has 0 bridgehead atoms. The van der Waals surface area contributed by atoms with Crippen LogP contribution in [-0.4, -0.2) is 18.8 Å². The lowest BCUT2D eigenvalue weighted by Gasteiger charge is -2.40. The number of hydrogen-bond donors (Lipinski definition) is 3. The number of methoxy groups -OCH3 is 1. The molecule has 2 aliphatic rings. The maximum atomic E-state index is 12.5. The molecule has 0 unspecified atom stereocenters. The largest absolute Gasteiger partial charge is 0.497 e. The fraction of sp³-hybridized carbons (Fsp3) is 0.409. The Morgan fingerprint density at radius 1 is 1.27 bits per heavy atom. The number of dihydropyridines is 1. The van der Waals surface area contributed by atoms with E-state index < -0.39 is 5.41 Å². The van der Waals surface area contributed by atoms with E-state index in [9.17, 15) is 15.3 Å². The third-order valence-corrected chi connectivity index (χ3v) is 6.69. The SMILES string of the molecule is COc1ccc(NC(=O)CSC2=C(C#N)C3(CCCCC3)C(C#N)=C(N)N2)c(C)c1. The monoisotopic (exact) mass is 423 g/mol. The van der Waals surface area contributed by atoms with E-state index in [1.165, 1.54) is 11.8 Å². The first-order valence-electron chi connectivity index (χ1n) is 9.84. The van der Waals surface area contributed by atoms with Crippen molar-refractivity contribution < 1.29 is 9.53 Å². The molecular formula is C22H25N5O2S. The Kier molecular flexibility index (Phi) is 6.59. The average molecular weight is 424 g/mol. The van der Waals surface area contributed by atoms with Crippen molar-refractivity contribution in [3.63, 3.8) is 0 Å². The minimum atomic E-state index is -0.636. The van der Waals surface area contributed by atoms with Crippen molar-refractivity contribution in [2.24, 2.45) is 11.1 Å². The number of ether oxygens (including phenoxy) is 1. The number of nitrogens with one attached hydrogen (secondary N) is 2. The summed E-state index contributed by atoms with van der Waals surface area (Å²) in [6, 6.07) is 9.96. The standard InChI is InChI=1S/C22H25N5O2S/c1-14-10-15(29-2)6-7-18(14)26-19(28)13-30-21-17(12-24)22(8-4-3-5-9-22)16(11-23)20(25)27-21/h6-7,10,27H,3-5,8-9,13,25H2,1-2H3,(H,26,28). The number of amides is 1. The summed E-state index contributed by atoms with van der Waals surface area (Å²) >= 11 is 1.24. The zero-order chi connectivity index (χ0) is 21.7. The summed E-state index contributed by atoms with van der Waals surface area (Å²) in [5.74, 6) is 0.937. The lowest BCUT2D eigenvalue weighted by molar-refractivity contribution is -0.113. The average Bonchev–Trinajstić information content (AvgIpc) is 2.74. The van der Waals surface area contributed by atoms with Crippen LogP contribution in [0.25, 0.3) is 0 Å². The van der Waals surface area contributed by atoms with Crippen LogP contribution in [0.3, 0.4) is 0 Å². The van der Waals surface area contributed by atoms with Crippen molar-refractivity contribution in [1.29, 1.82) is 10.5 Å². The maximum Gasteiger partial charge on any atom is 0.234 e. The van der Waals surface area contributed by atoms with Gasteiger partial charge in [0, 0.05) is 11.1 Å². The van der Waals surface area contributed by atoms with Gasteiger partial charge >= 0.3 is 0 Å². The summed E-state index contributed by atoms with van der Waals surface area (Å²) < 4.78 is 5.19. The second kappa shape index (κ2) is 9.15. The fourth-order valence-electron chi connectivity index (χ4n) is 4.16. The summed E-state index contributed by atoms with van der Waals surface area (Å²) in [5.41, 5.74) is 8.09. The molecule has 1 saturated carbocycles. The van der Waals surface area contributed by atoms with Crippen molar-refractivity contribution in [2.45, 2.75) is 39.0 Å². The fourth-order valence-corrected chi connectivity index (χ4v) is 5.08. The number of nitrogens with two attached hydrogens (primary N) is 1. The Morgan fingerprint density at radius 2 is 1.97 bits per heavy atom. The van der Waals surface area contributed by atoms with Crippen LogP contribution in [0.2, 0.25) is 0 Å². The van der Waals surface area contributed by atoms with Crippen molar-refractivity contribution in [3.8, 4) is 17.9 Å². The lowest BCUT2D eigenvalue weighted by atomic mass is 9.64. The van der Waals surface area contributed by atoms with Crippen LogP contribution in [0.15, 0.2) is 40.2 Å². The topological polar surface area (TPSA) is 124 Å². The molecule has 1 aliphatic carbocycles. The summed E-state index contributed by atoms with van der Waals surface area (Å²) in [6.45, 7) is 1.89. The molecule has 1 amide bonds. The third kappa shape index (κ3) is 4.10. The Balaban J connectivity index is 1.77. The van der Waals surface area contributed by atoms with Gasteiger partial charge < -0.3 is 21.1 Å². The molecule has 4 N–H and O–H groups in total. The maximum absolute atomic E-state index is 12.5. The van der Waals surface area contributed by atoms with Gasteiger partial charge in [-0.1, -0.05) is 31.0 Å². The number of thioether (sulfide) groups is 1. The first-order chi connectivity index (χ1) is 14.4.